The molecular weight excluding hydrogens is 444 g/mol. The molecular formula is C32H24N2O2. The van der Waals surface area contributed by atoms with Crippen molar-refractivity contribution in [2.24, 2.45) is 0 Å². The monoisotopic (exact) mass is 468 g/mol. The molecule has 0 unspecified atom stereocenters. The molecule has 0 N–H and O–H groups in total. The fourth-order valence-electron chi connectivity index (χ4n) is 4.28. The third kappa shape index (κ3) is 4.65. The van der Waals surface area contributed by atoms with Crippen LogP contribution in [-0.2, 0) is 0 Å². The third-order valence-electron chi connectivity index (χ3n) is 5.97. The van der Waals surface area contributed by atoms with Crippen LogP contribution in [0.4, 0.5) is 34.1 Å². The van der Waals surface area contributed by atoms with Crippen molar-refractivity contribution in [3.8, 4) is 0 Å². The van der Waals surface area contributed by atoms with Gasteiger partial charge < -0.3 is 9.80 Å². The number of benzene rings is 5. The Morgan fingerprint density at radius 1 is 0.417 bits per heavy atom. The van der Waals surface area contributed by atoms with Crippen molar-refractivity contribution in [3.05, 3.63) is 145 Å². The fourth-order valence-corrected chi connectivity index (χ4v) is 4.28. The summed E-state index contributed by atoms with van der Waals surface area (Å²) >= 11 is 0. The van der Waals surface area contributed by atoms with Crippen LogP contribution in [-0.4, -0.2) is 12.6 Å². The molecule has 36 heavy (non-hydrogen) atoms. The molecule has 0 bridgehead atoms. The van der Waals surface area contributed by atoms with E-state index in [1.54, 1.807) is 18.2 Å². The van der Waals surface area contributed by atoms with Crippen LogP contribution in [0.1, 0.15) is 20.7 Å². The van der Waals surface area contributed by atoms with Crippen LogP contribution in [0.5, 0.6) is 0 Å². The second-order valence-corrected chi connectivity index (χ2v) is 8.25. The lowest BCUT2D eigenvalue weighted by Crippen LogP contribution is -2.13. The highest BCUT2D eigenvalue weighted by molar-refractivity contribution is 5.93. The van der Waals surface area contributed by atoms with E-state index in [1.165, 1.54) is 0 Å². The molecule has 0 spiro atoms. The molecule has 0 aliphatic rings. The SMILES string of the molecule is O=Cc1ccc(C=O)c(N(c2ccccc2)c2ccc(N(c3ccccc3)c3ccccc3)cc2)c1. The van der Waals surface area contributed by atoms with Gasteiger partial charge in [-0.05, 0) is 72.8 Å². The van der Waals surface area contributed by atoms with Gasteiger partial charge in [0.25, 0.3) is 0 Å². The van der Waals surface area contributed by atoms with Crippen molar-refractivity contribution >= 4 is 46.7 Å². The Labute approximate surface area is 210 Å². The predicted molar refractivity (Wildman–Crippen MR) is 147 cm³/mol. The lowest BCUT2D eigenvalue weighted by Gasteiger charge is -2.29. The Morgan fingerprint density at radius 2 is 0.833 bits per heavy atom. The average molecular weight is 469 g/mol. The molecule has 0 atom stereocenters. The van der Waals surface area contributed by atoms with E-state index in [0.717, 1.165) is 41.0 Å². The summed E-state index contributed by atoms with van der Waals surface area (Å²) in [5.74, 6) is 0. The van der Waals surface area contributed by atoms with Crippen molar-refractivity contribution in [2.75, 3.05) is 9.80 Å². The molecule has 5 rings (SSSR count). The van der Waals surface area contributed by atoms with Gasteiger partial charge in [0, 0.05) is 39.6 Å². The van der Waals surface area contributed by atoms with Crippen LogP contribution in [0.3, 0.4) is 0 Å². The number of anilines is 6. The van der Waals surface area contributed by atoms with Crippen molar-refractivity contribution in [1.82, 2.24) is 0 Å². The summed E-state index contributed by atoms with van der Waals surface area (Å²) in [4.78, 5) is 27.7. The maximum absolute atomic E-state index is 11.9. The smallest absolute Gasteiger partial charge is 0.152 e. The second-order valence-electron chi connectivity index (χ2n) is 8.25. The number of hydrogen-bond donors (Lipinski definition) is 0. The van der Waals surface area contributed by atoms with Gasteiger partial charge in [0.05, 0.1) is 5.69 Å². The highest BCUT2D eigenvalue weighted by atomic mass is 16.1. The van der Waals surface area contributed by atoms with Crippen molar-refractivity contribution in [1.29, 1.82) is 0 Å². The van der Waals surface area contributed by atoms with Gasteiger partial charge in [0.15, 0.2) is 6.29 Å². The maximum atomic E-state index is 11.9. The Hall–Kier alpha value is -4.96. The quantitative estimate of drug-likeness (QED) is 0.215. The summed E-state index contributed by atoms with van der Waals surface area (Å²) in [5, 5.41) is 0. The van der Waals surface area contributed by atoms with E-state index in [9.17, 15) is 9.59 Å². The minimum absolute atomic E-state index is 0.503. The van der Waals surface area contributed by atoms with Crippen LogP contribution in [0.2, 0.25) is 0 Å². The molecule has 0 radical (unpaired) electrons. The number of para-hydroxylation sites is 3. The standard InChI is InChI=1S/C32H24N2O2/c35-23-25-16-17-26(24-36)32(22-25)34(29-14-8-3-9-15-29)31-20-18-30(19-21-31)33(27-10-4-1-5-11-27)28-12-6-2-7-13-28/h1-24H. The van der Waals surface area contributed by atoms with E-state index >= 15 is 0 Å². The third-order valence-corrected chi connectivity index (χ3v) is 5.97. The van der Waals surface area contributed by atoms with Gasteiger partial charge in [-0.2, -0.15) is 0 Å². The predicted octanol–water partition coefficient (Wildman–Crippen LogP) is 8.25. The summed E-state index contributed by atoms with van der Waals surface area (Å²) in [6, 6.07) is 43.5. The van der Waals surface area contributed by atoms with Crippen LogP contribution < -0.4 is 9.80 Å². The van der Waals surface area contributed by atoms with Gasteiger partial charge in [-0.25, -0.2) is 0 Å². The number of carbonyl (C=O) groups is 2. The van der Waals surface area contributed by atoms with E-state index in [1.807, 2.05) is 83.8 Å². The first kappa shape index (κ1) is 22.8. The zero-order valence-electron chi connectivity index (χ0n) is 19.6. The molecule has 0 saturated carbocycles. The normalized spacial score (nSPS) is 10.4. The average Bonchev–Trinajstić information content (AvgIpc) is 2.96. The molecule has 0 aliphatic heterocycles. The lowest BCUT2D eigenvalue weighted by atomic mass is 10.1. The topological polar surface area (TPSA) is 40.6 Å². The molecule has 0 amide bonds. The Balaban J connectivity index is 1.62. The van der Waals surface area contributed by atoms with Crippen LogP contribution in [0.25, 0.3) is 0 Å². The van der Waals surface area contributed by atoms with Crippen molar-refractivity contribution in [2.45, 2.75) is 0 Å². The van der Waals surface area contributed by atoms with Gasteiger partial charge in [-0.15, -0.1) is 0 Å². The molecule has 5 aromatic rings. The molecule has 0 saturated heterocycles. The van der Waals surface area contributed by atoms with E-state index in [2.05, 4.69) is 41.3 Å². The molecule has 0 aliphatic carbocycles. The molecule has 0 heterocycles. The molecule has 0 aromatic heterocycles. The highest BCUT2D eigenvalue weighted by Crippen LogP contribution is 2.39. The summed E-state index contributed by atoms with van der Waals surface area (Å²) < 4.78 is 0. The molecule has 0 fully saturated rings. The first-order chi connectivity index (χ1) is 17.8. The first-order valence-corrected chi connectivity index (χ1v) is 11.7. The highest BCUT2D eigenvalue weighted by Gasteiger charge is 2.18. The Bertz CT molecular complexity index is 1410. The van der Waals surface area contributed by atoms with Gasteiger partial charge in [0.1, 0.15) is 6.29 Å². The fraction of sp³-hybridized carbons (Fsp3) is 0. The number of nitrogens with zero attached hydrogens (tertiary/aromatic N) is 2. The zero-order chi connectivity index (χ0) is 24.7. The van der Waals surface area contributed by atoms with E-state index in [4.69, 9.17) is 0 Å². The largest absolute Gasteiger partial charge is 0.311 e. The number of aldehydes is 2. The summed E-state index contributed by atoms with van der Waals surface area (Å²) in [5.41, 5.74) is 6.53. The van der Waals surface area contributed by atoms with Gasteiger partial charge in [0.2, 0.25) is 0 Å². The molecule has 5 aromatic carbocycles. The minimum Gasteiger partial charge on any atom is -0.311 e. The zero-order valence-corrected chi connectivity index (χ0v) is 19.6. The van der Waals surface area contributed by atoms with Gasteiger partial charge >= 0.3 is 0 Å². The number of rotatable bonds is 8. The molecule has 4 heteroatoms. The van der Waals surface area contributed by atoms with Gasteiger partial charge in [-0.1, -0.05) is 60.7 Å². The second kappa shape index (κ2) is 10.5. The minimum atomic E-state index is 0.503. The molecule has 174 valence electrons. The van der Waals surface area contributed by atoms with Crippen molar-refractivity contribution < 1.29 is 9.59 Å². The summed E-state index contributed by atoms with van der Waals surface area (Å²) in [6.07, 6.45) is 1.61. The van der Waals surface area contributed by atoms with Crippen LogP contribution in [0, 0.1) is 0 Å². The molecule has 4 nitrogen and oxygen atoms in total. The summed E-state index contributed by atoms with van der Waals surface area (Å²) in [6.45, 7) is 0. The lowest BCUT2D eigenvalue weighted by molar-refractivity contribution is 0.111. The Morgan fingerprint density at radius 3 is 1.28 bits per heavy atom. The van der Waals surface area contributed by atoms with Crippen molar-refractivity contribution in [3.63, 3.8) is 0 Å². The first-order valence-electron chi connectivity index (χ1n) is 11.7. The van der Waals surface area contributed by atoms with Crippen LogP contribution >= 0.6 is 0 Å². The van der Waals surface area contributed by atoms with E-state index in [-0.39, 0.29) is 0 Å². The maximum Gasteiger partial charge on any atom is 0.152 e. The number of carbonyl (C=O) groups excluding carboxylic acids is 2. The van der Waals surface area contributed by atoms with E-state index in [0.29, 0.717) is 16.8 Å². The van der Waals surface area contributed by atoms with Gasteiger partial charge in [-0.3, -0.25) is 9.59 Å². The summed E-state index contributed by atoms with van der Waals surface area (Å²) in [7, 11) is 0. The van der Waals surface area contributed by atoms with E-state index < -0.39 is 0 Å². The van der Waals surface area contributed by atoms with Crippen LogP contribution in [0.15, 0.2) is 133 Å². The Kier molecular flexibility index (Phi) is 6.68. The number of hydrogen-bond acceptors (Lipinski definition) is 4.